The first-order chi connectivity index (χ1) is 17.0. The Morgan fingerprint density at radius 1 is 1.11 bits per heavy atom. The van der Waals surface area contributed by atoms with Gasteiger partial charge in [0.1, 0.15) is 11.5 Å². The average molecular weight is 471 g/mol. The van der Waals surface area contributed by atoms with Gasteiger partial charge < -0.3 is 20.5 Å². The zero-order valence-corrected chi connectivity index (χ0v) is 20.1. The minimum atomic E-state index is -0.0244. The van der Waals surface area contributed by atoms with Gasteiger partial charge in [-0.1, -0.05) is 0 Å². The Hall–Kier alpha value is -3.75. The molecule has 1 aliphatic heterocycles. The van der Waals surface area contributed by atoms with Crippen LogP contribution in [0.5, 0.6) is 0 Å². The lowest BCUT2D eigenvalue weighted by molar-refractivity contribution is -0.133. The van der Waals surface area contributed by atoms with Gasteiger partial charge in [-0.3, -0.25) is 9.78 Å². The van der Waals surface area contributed by atoms with E-state index in [1.807, 2.05) is 37.5 Å². The van der Waals surface area contributed by atoms with Crippen LogP contribution in [0.1, 0.15) is 45.4 Å². The van der Waals surface area contributed by atoms with Gasteiger partial charge in [0.05, 0.1) is 22.1 Å². The van der Waals surface area contributed by atoms with Gasteiger partial charge in [-0.15, -0.1) is 0 Å². The van der Waals surface area contributed by atoms with Gasteiger partial charge in [0.15, 0.2) is 0 Å². The highest BCUT2D eigenvalue weighted by molar-refractivity contribution is 6.01. The number of aromatic amines is 1. The highest BCUT2D eigenvalue weighted by atomic mass is 16.2. The Labute approximate surface area is 203 Å². The molecule has 6 rings (SSSR count). The summed E-state index contributed by atoms with van der Waals surface area (Å²) >= 11 is 0. The zero-order valence-electron chi connectivity index (χ0n) is 20.1. The van der Waals surface area contributed by atoms with Crippen molar-refractivity contribution in [2.24, 2.45) is 0 Å². The van der Waals surface area contributed by atoms with Gasteiger partial charge in [0, 0.05) is 49.6 Å². The van der Waals surface area contributed by atoms with Crippen molar-refractivity contribution in [3.05, 3.63) is 36.7 Å². The zero-order chi connectivity index (χ0) is 24.0. The Morgan fingerprint density at radius 2 is 1.97 bits per heavy atom. The fourth-order valence-corrected chi connectivity index (χ4v) is 5.64. The van der Waals surface area contributed by atoms with Gasteiger partial charge in [0.25, 0.3) is 0 Å². The second-order valence-electron chi connectivity index (χ2n) is 9.87. The molecule has 0 radical (unpaired) electrons. The second-order valence-corrected chi connectivity index (χ2v) is 9.87. The van der Waals surface area contributed by atoms with Crippen LogP contribution in [0.3, 0.4) is 0 Å². The third-order valence-electron chi connectivity index (χ3n) is 7.62. The number of likely N-dealkylation sites (tertiary alicyclic amines) is 1. The fourth-order valence-electron chi connectivity index (χ4n) is 5.64. The molecule has 1 saturated carbocycles. The van der Waals surface area contributed by atoms with E-state index in [1.54, 1.807) is 6.20 Å². The molecule has 9 nitrogen and oxygen atoms in total. The number of H-pyrrole nitrogens is 1. The summed E-state index contributed by atoms with van der Waals surface area (Å²) in [5.41, 5.74) is 4.25. The predicted octanol–water partition coefficient (Wildman–Crippen LogP) is 4.35. The van der Waals surface area contributed by atoms with E-state index >= 15 is 0 Å². The monoisotopic (exact) mass is 470 g/mol. The molecule has 180 valence electrons. The van der Waals surface area contributed by atoms with Gasteiger partial charge in [0.2, 0.25) is 11.9 Å². The molecule has 35 heavy (non-hydrogen) atoms. The number of aromatic nitrogens is 5. The van der Waals surface area contributed by atoms with Crippen LogP contribution in [-0.4, -0.2) is 60.9 Å². The summed E-state index contributed by atoms with van der Waals surface area (Å²) in [5, 5.41) is 7.71. The summed E-state index contributed by atoms with van der Waals surface area (Å²) in [6.45, 7) is 3.14. The number of amides is 1. The van der Waals surface area contributed by atoms with Crippen LogP contribution in [-0.2, 0) is 4.79 Å². The summed E-state index contributed by atoms with van der Waals surface area (Å²) in [6, 6.07) is 8.11. The maximum atomic E-state index is 12.3. The molecule has 0 atom stereocenters. The molecule has 0 spiro atoms. The van der Waals surface area contributed by atoms with E-state index in [2.05, 4.69) is 32.4 Å². The first-order valence-corrected chi connectivity index (χ1v) is 12.4. The van der Waals surface area contributed by atoms with Crippen molar-refractivity contribution in [2.75, 3.05) is 24.2 Å². The van der Waals surface area contributed by atoms with Crippen LogP contribution in [0.25, 0.3) is 33.3 Å². The maximum absolute atomic E-state index is 12.3. The van der Waals surface area contributed by atoms with Crippen molar-refractivity contribution in [3.63, 3.8) is 0 Å². The van der Waals surface area contributed by atoms with Gasteiger partial charge in [-0.2, -0.15) is 9.97 Å². The van der Waals surface area contributed by atoms with Gasteiger partial charge in [-0.05, 0) is 63.3 Å². The number of nitrogens with one attached hydrogen (secondary N) is 3. The lowest BCUT2D eigenvalue weighted by Gasteiger charge is -2.44. The van der Waals surface area contributed by atoms with Crippen LogP contribution in [0.4, 0.5) is 11.8 Å². The number of anilines is 2. The van der Waals surface area contributed by atoms with Crippen molar-refractivity contribution in [1.29, 1.82) is 0 Å². The number of pyridine rings is 2. The molecule has 4 aromatic heterocycles. The number of carbonyl (C=O) groups is 1. The molecule has 0 bridgehead atoms. The van der Waals surface area contributed by atoms with Crippen LogP contribution in [0.15, 0.2) is 36.7 Å². The number of rotatable bonds is 5. The number of nitrogens with zero attached hydrogens (tertiary/aromatic N) is 5. The molecule has 3 N–H and O–H groups in total. The van der Waals surface area contributed by atoms with Crippen molar-refractivity contribution in [3.8, 4) is 11.3 Å². The third-order valence-corrected chi connectivity index (χ3v) is 7.62. The highest BCUT2D eigenvalue weighted by Crippen LogP contribution is 2.37. The SMILES string of the molecule is CNc1nc(NC2CCC(C)(N3CCCC3=O)CC2)nc2[nH]cc(-c3ccc4ncccc4n3)c12. The topological polar surface area (TPSA) is 112 Å². The molecular weight excluding hydrogens is 440 g/mol. The predicted molar refractivity (Wildman–Crippen MR) is 137 cm³/mol. The summed E-state index contributed by atoms with van der Waals surface area (Å²) in [5.74, 6) is 1.67. The van der Waals surface area contributed by atoms with Crippen LogP contribution in [0.2, 0.25) is 0 Å². The lowest BCUT2D eigenvalue weighted by atomic mass is 9.79. The van der Waals surface area contributed by atoms with E-state index in [4.69, 9.17) is 15.0 Å². The molecular formula is C26H30N8O. The summed E-state index contributed by atoms with van der Waals surface area (Å²) in [7, 11) is 1.87. The number of fused-ring (bicyclic) bond motifs is 2. The van der Waals surface area contributed by atoms with Crippen molar-refractivity contribution < 1.29 is 4.79 Å². The Balaban J connectivity index is 1.24. The first kappa shape index (κ1) is 21.8. The summed E-state index contributed by atoms with van der Waals surface area (Å²) < 4.78 is 0. The Morgan fingerprint density at radius 3 is 2.74 bits per heavy atom. The largest absolute Gasteiger partial charge is 0.372 e. The quantitative estimate of drug-likeness (QED) is 0.398. The van der Waals surface area contributed by atoms with Gasteiger partial charge >= 0.3 is 0 Å². The van der Waals surface area contributed by atoms with Crippen LogP contribution >= 0.6 is 0 Å². The van der Waals surface area contributed by atoms with Crippen molar-refractivity contribution in [2.45, 2.75) is 57.0 Å². The smallest absolute Gasteiger partial charge is 0.226 e. The Bertz CT molecular complexity index is 1410. The van der Waals surface area contributed by atoms with E-state index in [-0.39, 0.29) is 11.6 Å². The van der Waals surface area contributed by atoms with Crippen LogP contribution < -0.4 is 10.6 Å². The standard InChI is InChI=1S/C26H30N8O/c1-26(34-14-4-6-21(34)35)11-9-16(10-12-26)30-25-32-23(27-2)22-17(15-29-24(22)33-25)18-7-8-19-20(31-18)5-3-13-28-19/h3,5,7-8,13,15-16H,4,6,9-12,14H2,1-2H3,(H3,27,29,30,32,33). The molecule has 1 saturated heterocycles. The van der Waals surface area contributed by atoms with E-state index in [9.17, 15) is 4.79 Å². The van der Waals surface area contributed by atoms with Crippen LogP contribution in [0, 0.1) is 0 Å². The highest BCUT2D eigenvalue weighted by Gasteiger charge is 2.40. The van der Waals surface area contributed by atoms with E-state index in [0.29, 0.717) is 18.3 Å². The summed E-state index contributed by atoms with van der Waals surface area (Å²) in [6.07, 6.45) is 9.36. The third kappa shape index (κ3) is 3.84. The molecule has 0 unspecified atom stereocenters. The minimum absolute atomic E-state index is 0.0244. The number of hydrogen-bond acceptors (Lipinski definition) is 7. The molecule has 1 amide bonds. The normalized spacial score (nSPS) is 22.7. The molecule has 9 heteroatoms. The molecule has 4 aromatic rings. The number of carbonyl (C=O) groups excluding carboxylic acids is 1. The first-order valence-electron chi connectivity index (χ1n) is 12.4. The Kier molecular flexibility index (Phi) is 5.27. The van der Waals surface area contributed by atoms with Gasteiger partial charge in [-0.25, -0.2) is 4.98 Å². The number of hydrogen-bond donors (Lipinski definition) is 3. The fraction of sp³-hybridized carbons (Fsp3) is 0.423. The maximum Gasteiger partial charge on any atom is 0.226 e. The van der Waals surface area contributed by atoms with E-state index in [0.717, 1.165) is 77.8 Å². The molecule has 1 aliphatic carbocycles. The minimum Gasteiger partial charge on any atom is -0.372 e. The van der Waals surface area contributed by atoms with Crippen molar-refractivity contribution in [1.82, 2.24) is 29.8 Å². The summed E-state index contributed by atoms with van der Waals surface area (Å²) in [4.78, 5) is 36.5. The van der Waals surface area contributed by atoms with Crippen molar-refractivity contribution >= 4 is 39.7 Å². The second kappa shape index (κ2) is 8.48. The van der Waals surface area contributed by atoms with E-state index in [1.165, 1.54) is 0 Å². The molecule has 5 heterocycles. The lowest BCUT2D eigenvalue weighted by Crippen LogP contribution is -2.50. The average Bonchev–Trinajstić information content (AvgIpc) is 3.51. The molecule has 0 aromatic carbocycles. The molecule has 2 aliphatic rings. The van der Waals surface area contributed by atoms with E-state index < -0.39 is 0 Å². The molecule has 2 fully saturated rings.